The van der Waals surface area contributed by atoms with E-state index in [0.29, 0.717) is 11.4 Å². The van der Waals surface area contributed by atoms with Crippen molar-refractivity contribution in [3.8, 4) is 5.75 Å². The number of nitrogens with two attached hydrogens (primary N) is 1. The van der Waals surface area contributed by atoms with Gasteiger partial charge in [-0.05, 0) is 62.1 Å². The number of hydrogen-bond acceptors (Lipinski definition) is 5. The molecule has 3 N–H and O–H groups in total. The third-order valence-corrected chi connectivity index (χ3v) is 5.61. The van der Waals surface area contributed by atoms with Crippen molar-refractivity contribution in [3.05, 3.63) is 48.8 Å². The summed E-state index contributed by atoms with van der Waals surface area (Å²) in [6.07, 6.45) is 8.07. The van der Waals surface area contributed by atoms with Gasteiger partial charge in [-0.1, -0.05) is 6.42 Å². The number of nitrogens with zero attached hydrogens (tertiary/aromatic N) is 1. The Balaban J connectivity index is 1.73. The highest BCUT2D eigenvalue weighted by molar-refractivity contribution is 7.89. The smallest absolute Gasteiger partial charge is 0.238 e. The lowest BCUT2D eigenvalue weighted by molar-refractivity contribution is -0.121. The number of primary sulfonamides is 1. The van der Waals surface area contributed by atoms with E-state index in [1.54, 1.807) is 36.7 Å². The highest BCUT2D eigenvalue weighted by Crippen LogP contribution is 2.36. The maximum atomic E-state index is 12.5. The highest BCUT2D eigenvalue weighted by atomic mass is 32.2. The van der Waals surface area contributed by atoms with E-state index in [-0.39, 0.29) is 17.2 Å². The summed E-state index contributed by atoms with van der Waals surface area (Å²) in [6, 6.07) is 9.53. The van der Waals surface area contributed by atoms with Gasteiger partial charge in [0.25, 0.3) is 0 Å². The van der Waals surface area contributed by atoms with E-state index in [0.717, 1.165) is 32.1 Å². The lowest BCUT2D eigenvalue weighted by atomic mass is 9.82. The van der Waals surface area contributed by atoms with E-state index in [4.69, 9.17) is 9.88 Å². The average molecular weight is 389 g/mol. The van der Waals surface area contributed by atoms with Crippen LogP contribution in [0.15, 0.2) is 53.7 Å². The molecule has 7 nitrogen and oxygen atoms in total. The van der Waals surface area contributed by atoms with Crippen LogP contribution in [0.3, 0.4) is 0 Å². The predicted octanol–water partition coefficient (Wildman–Crippen LogP) is 2.84. The quantitative estimate of drug-likeness (QED) is 0.789. The lowest BCUT2D eigenvalue weighted by Gasteiger charge is -2.37. The van der Waals surface area contributed by atoms with Crippen LogP contribution in [0.1, 0.15) is 38.5 Å². The normalized spacial score (nSPS) is 16.5. The minimum Gasteiger partial charge on any atom is -0.487 e. The molecule has 144 valence electrons. The van der Waals surface area contributed by atoms with Gasteiger partial charge in [0.2, 0.25) is 15.9 Å². The second kappa shape index (κ2) is 8.06. The van der Waals surface area contributed by atoms with Crippen molar-refractivity contribution < 1.29 is 17.9 Å². The second-order valence-electron chi connectivity index (χ2n) is 6.83. The number of nitrogens with one attached hydrogen (secondary N) is 1. The number of aromatic nitrogens is 1. The van der Waals surface area contributed by atoms with Gasteiger partial charge >= 0.3 is 0 Å². The fraction of sp³-hybridized carbons (Fsp3) is 0.368. The number of ether oxygens (including phenoxy) is 1. The van der Waals surface area contributed by atoms with E-state index >= 15 is 0 Å². The molecule has 0 unspecified atom stereocenters. The summed E-state index contributed by atoms with van der Waals surface area (Å²) in [5.74, 6) is 0.393. The Hall–Kier alpha value is -2.45. The number of hydrogen-bond donors (Lipinski definition) is 2. The van der Waals surface area contributed by atoms with Crippen LogP contribution >= 0.6 is 0 Å². The second-order valence-corrected chi connectivity index (χ2v) is 8.39. The van der Waals surface area contributed by atoms with Crippen LogP contribution in [-0.4, -0.2) is 24.9 Å². The molecule has 0 aliphatic heterocycles. The molecule has 0 saturated heterocycles. The first-order valence-electron chi connectivity index (χ1n) is 8.88. The minimum absolute atomic E-state index is 0.0295. The van der Waals surface area contributed by atoms with Crippen molar-refractivity contribution in [2.45, 2.75) is 49.0 Å². The van der Waals surface area contributed by atoms with E-state index in [1.165, 1.54) is 12.1 Å². The Bertz CT molecular complexity index is 877. The Morgan fingerprint density at radius 3 is 2.44 bits per heavy atom. The molecule has 1 amide bonds. The largest absolute Gasteiger partial charge is 0.487 e. The monoisotopic (exact) mass is 389 g/mol. The number of anilines is 1. The van der Waals surface area contributed by atoms with Gasteiger partial charge in [-0.2, -0.15) is 0 Å². The molecule has 1 heterocycles. The molecule has 0 radical (unpaired) electrons. The molecule has 1 aromatic heterocycles. The van der Waals surface area contributed by atoms with Crippen LogP contribution in [-0.2, 0) is 14.8 Å². The SMILES string of the molecule is NS(=O)(=O)c1ccc(OC2(CC(=O)Nc3cccnc3)CCCCC2)cc1. The zero-order chi connectivity index (χ0) is 19.3. The summed E-state index contributed by atoms with van der Waals surface area (Å²) in [4.78, 5) is 16.6. The van der Waals surface area contributed by atoms with Crippen LogP contribution in [0.25, 0.3) is 0 Å². The zero-order valence-corrected chi connectivity index (χ0v) is 15.7. The predicted molar refractivity (Wildman–Crippen MR) is 102 cm³/mol. The summed E-state index contributed by atoms with van der Waals surface area (Å²) in [7, 11) is -3.75. The highest BCUT2D eigenvalue weighted by Gasteiger charge is 2.36. The van der Waals surface area contributed by atoms with Crippen LogP contribution in [0.4, 0.5) is 5.69 Å². The molecule has 2 aromatic rings. The van der Waals surface area contributed by atoms with E-state index in [9.17, 15) is 13.2 Å². The fourth-order valence-corrected chi connectivity index (χ4v) is 3.91. The Morgan fingerprint density at radius 1 is 1.15 bits per heavy atom. The number of carbonyl (C=O) groups is 1. The van der Waals surface area contributed by atoms with Crippen LogP contribution < -0.4 is 15.2 Å². The number of amides is 1. The Morgan fingerprint density at radius 2 is 1.85 bits per heavy atom. The number of benzene rings is 1. The summed E-state index contributed by atoms with van der Waals surface area (Å²) < 4.78 is 29.0. The minimum atomic E-state index is -3.75. The van der Waals surface area contributed by atoms with Crippen molar-refractivity contribution in [1.29, 1.82) is 0 Å². The molecule has 1 aliphatic carbocycles. The van der Waals surface area contributed by atoms with Gasteiger partial charge in [0, 0.05) is 6.20 Å². The number of rotatable bonds is 6. The van der Waals surface area contributed by atoms with E-state index in [1.807, 2.05) is 0 Å². The van der Waals surface area contributed by atoms with Gasteiger partial charge < -0.3 is 10.1 Å². The Kier molecular flexibility index (Phi) is 5.76. The van der Waals surface area contributed by atoms with Crippen molar-refractivity contribution >= 4 is 21.6 Å². The summed E-state index contributed by atoms with van der Waals surface area (Å²) in [5.41, 5.74) is 0.0409. The third kappa shape index (κ3) is 5.27. The first kappa shape index (κ1) is 19.3. The summed E-state index contributed by atoms with van der Waals surface area (Å²) in [6.45, 7) is 0. The van der Waals surface area contributed by atoms with E-state index in [2.05, 4.69) is 10.3 Å². The first-order valence-corrected chi connectivity index (χ1v) is 10.4. The van der Waals surface area contributed by atoms with Gasteiger partial charge in [0.1, 0.15) is 11.4 Å². The average Bonchev–Trinajstić information content (AvgIpc) is 2.62. The molecule has 0 atom stereocenters. The molecule has 0 spiro atoms. The van der Waals surface area contributed by atoms with Crippen molar-refractivity contribution in [3.63, 3.8) is 0 Å². The fourth-order valence-electron chi connectivity index (χ4n) is 3.39. The summed E-state index contributed by atoms with van der Waals surface area (Å²) in [5, 5.41) is 7.98. The molecule has 8 heteroatoms. The van der Waals surface area contributed by atoms with E-state index < -0.39 is 15.6 Å². The first-order chi connectivity index (χ1) is 12.9. The van der Waals surface area contributed by atoms with Gasteiger partial charge in [0.15, 0.2) is 0 Å². The molecular weight excluding hydrogens is 366 g/mol. The van der Waals surface area contributed by atoms with Gasteiger partial charge in [0.05, 0.1) is 23.2 Å². The zero-order valence-electron chi connectivity index (χ0n) is 14.9. The lowest BCUT2D eigenvalue weighted by Crippen LogP contribution is -2.41. The van der Waals surface area contributed by atoms with Crippen molar-refractivity contribution in [2.24, 2.45) is 5.14 Å². The molecule has 3 rings (SSSR count). The number of carbonyl (C=O) groups excluding carboxylic acids is 1. The van der Waals surface area contributed by atoms with Crippen LogP contribution in [0, 0.1) is 0 Å². The third-order valence-electron chi connectivity index (χ3n) is 4.68. The molecule has 0 bridgehead atoms. The number of pyridine rings is 1. The molecule has 27 heavy (non-hydrogen) atoms. The molecule has 1 fully saturated rings. The maximum absolute atomic E-state index is 12.5. The van der Waals surface area contributed by atoms with Crippen molar-refractivity contribution in [1.82, 2.24) is 4.98 Å². The number of sulfonamides is 1. The van der Waals surface area contributed by atoms with Gasteiger partial charge in [-0.15, -0.1) is 0 Å². The van der Waals surface area contributed by atoms with Crippen LogP contribution in [0.5, 0.6) is 5.75 Å². The van der Waals surface area contributed by atoms with Gasteiger partial charge in [-0.3, -0.25) is 9.78 Å². The molecular formula is C19H23N3O4S. The standard InChI is InChI=1S/C19H23N3O4S/c20-27(24,25)17-8-6-16(7-9-17)26-19(10-2-1-3-11-19)13-18(23)22-15-5-4-12-21-14-15/h4-9,12,14H,1-3,10-11,13H2,(H,22,23)(H2,20,24,25). The molecule has 1 saturated carbocycles. The van der Waals surface area contributed by atoms with Crippen LogP contribution in [0.2, 0.25) is 0 Å². The maximum Gasteiger partial charge on any atom is 0.238 e. The van der Waals surface area contributed by atoms with Gasteiger partial charge in [-0.25, -0.2) is 13.6 Å². The topological polar surface area (TPSA) is 111 Å². The molecule has 1 aromatic carbocycles. The van der Waals surface area contributed by atoms with Crippen molar-refractivity contribution in [2.75, 3.05) is 5.32 Å². The Labute approximate surface area is 159 Å². The summed E-state index contributed by atoms with van der Waals surface area (Å²) >= 11 is 0. The molecule has 1 aliphatic rings.